The average Bonchev–Trinajstić information content (AvgIpc) is 2.82. The Morgan fingerprint density at radius 3 is 2.70 bits per heavy atom. The normalized spacial score (nSPS) is 15.7. The van der Waals surface area contributed by atoms with Gasteiger partial charge in [-0.25, -0.2) is 0 Å². The van der Waals surface area contributed by atoms with E-state index in [4.69, 9.17) is 0 Å². The maximum Gasteiger partial charge on any atom is 0.294 e. The molecule has 0 radical (unpaired) electrons. The highest BCUT2D eigenvalue weighted by Crippen LogP contribution is 2.39. The molecule has 1 aliphatic heterocycles. The Kier molecular flexibility index (Phi) is 3.49. The van der Waals surface area contributed by atoms with E-state index in [1.807, 2.05) is 0 Å². The van der Waals surface area contributed by atoms with Crippen LogP contribution in [0.15, 0.2) is 36.7 Å². The molecule has 0 saturated carbocycles. The molecule has 116 valence electrons. The van der Waals surface area contributed by atoms with Crippen molar-refractivity contribution in [1.29, 1.82) is 0 Å². The van der Waals surface area contributed by atoms with Gasteiger partial charge in [0, 0.05) is 24.0 Å². The molecule has 1 aromatic carbocycles. The van der Waals surface area contributed by atoms with Crippen molar-refractivity contribution in [2.75, 3.05) is 10.6 Å². The van der Waals surface area contributed by atoms with Crippen molar-refractivity contribution < 1.29 is 14.5 Å². The third kappa shape index (κ3) is 2.61. The Bertz CT molecular complexity index is 820. The van der Waals surface area contributed by atoms with Gasteiger partial charge in [-0.05, 0) is 30.7 Å². The lowest BCUT2D eigenvalue weighted by Gasteiger charge is -2.09. The van der Waals surface area contributed by atoms with E-state index in [0.717, 1.165) is 0 Å². The lowest BCUT2D eigenvalue weighted by Crippen LogP contribution is -2.13. The van der Waals surface area contributed by atoms with E-state index < -0.39 is 16.7 Å². The zero-order valence-electron chi connectivity index (χ0n) is 12.1. The van der Waals surface area contributed by atoms with Gasteiger partial charge in [0.25, 0.3) is 11.6 Å². The summed E-state index contributed by atoms with van der Waals surface area (Å²) in [7, 11) is 0. The molecule has 1 atom stereocenters. The van der Waals surface area contributed by atoms with E-state index in [0.29, 0.717) is 16.8 Å². The fourth-order valence-electron chi connectivity index (χ4n) is 2.40. The molecule has 0 fully saturated rings. The molecule has 0 bridgehead atoms. The van der Waals surface area contributed by atoms with Gasteiger partial charge in [0.15, 0.2) is 0 Å². The van der Waals surface area contributed by atoms with Crippen molar-refractivity contribution in [3.8, 4) is 0 Å². The van der Waals surface area contributed by atoms with E-state index in [1.165, 1.54) is 36.7 Å². The number of pyridine rings is 1. The summed E-state index contributed by atoms with van der Waals surface area (Å²) >= 11 is 0. The SMILES string of the molecule is CC1C(=O)Nc2cc([N+](=O)[O-])c(NC(=O)c3ccncc3)cc21. The molecule has 8 heteroatoms. The molecule has 2 amide bonds. The Morgan fingerprint density at radius 1 is 1.35 bits per heavy atom. The number of anilines is 2. The second-order valence-electron chi connectivity index (χ2n) is 5.11. The van der Waals surface area contributed by atoms with Gasteiger partial charge in [0.1, 0.15) is 5.69 Å². The molecule has 2 aromatic rings. The minimum Gasteiger partial charge on any atom is -0.325 e. The number of nitro groups is 1. The number of hydrogen-bond donors (Lipinski definition) is 2. The van der Waals surface area contributed by atoms with Gasteiger partial charge in [0.2, 0.25) is 5.91 Å². The van der Waals surface area contributed by atoms with Crippen LogP contribution in [0.4, 0.5) is 17.1 Å². The Labute approximate surface area is 130 Å². The van der Waals surface area contributed by atoms with Gasteiger partial charge in [0.05, 0.1) is 16.5 Å². The van der Waals surface area contributed by atoms with E-state index in [9.17, 15) is 19.7 Å². The topological polar surface area (TPSA) is 114 Å². The number of hydrogen-bond acceptors (Lipinski definition) is 5. The lowest BCUT2D eigenvalue weighted by molar-refractivity contribution is -0.383. The summed E-state index contributed by atoms with van der Waals surface area (Å²) in [6, 6.07) is 5.73. The molecular formula is C15H12N4O4. The summed E-state index contributed by atoms with van der Waals surface area (Å²) in [4.78, 5) is 38.3. The maximum atomic E-state index is 12.2. The van der Waals surface area contributed by atoms with Gasteiger partial charge in [-0.15, -0.1) is 0 Å². The van der Waals surface area contributed by atoms with Crippen molar-refractivity contribution in [2.45, 2.75) is 12.8 Å². The number of fused-ring (bicyclic) bond motifs is 1. The third-order valence-electron chi connectivity index (χ3n) is 3.67. The predicted octanol–water partition coefficient (Wildman–Crippen LogP) is 2.30. The minimum absolute atomic E-state index is 0.0545. The van der Waals surface area contributed by atoms with Crippen LogP contribution in [0.3, 0.4) is 0 Å². The summed E-state index contributed by atoms with van der Waals surface area (Å²) in [5.74, 6) is -1.14. The summed E-state index contributed by atoms with van der Waals surface area (Å²) in [6.45, 7) is 1.70. The van der Waals surface area contributed by atoms with Gasteiger partial charge in [-0.2, -0.15) is 0 Å². The van der Waals surface area contributed by atoms with Crippen LogP contribution in [0.1, 0.15) is 28.8 Å². The molecule has 3 rings (SSSR count). The lowest BCUT2D eigenvalue weighted by atomic mass is 10.0. The molecule has 8 nitrogen and oxygen atoms in total. The summed E-state index contributed by atoms with van der Waals surface area (Å²) < 4.78 is 0. The first kappa shape index (κ1) is 14.6. The number of rotatable bonds is 3. The first-order valence-electron chi connectivity index (χ1n) is 6.82. The zero-order valence-corrected chi connectivity index (χ0v) is 12.1. The van der Waals surface area contributed by atoms with Gasteiger partial charge >= 0.3 is 0 Å². The van der Waals surface area contributed by atoms with Crippen LogP contribution >= 0.6 is 0 Å². The summed E-state index contributed by atoms with van der Waals surface area (Å²) in [5.41, 5.74) is 1.12. The first-order chi connectivity index (χ1) is 11.0. The van der Waals surface area contributed by atoms with Crippen LogP contribution in [0, 0.1) is 10.1 Å². The zero-order chi connectivity index (χ0) is 16.6. The Morgan fingerprint density at radius 2 is 2.04 bits per heavy atom. The fourth-order valence-corrected chi connectivity index (χ4v) is 2.40. The maximum absolute atomic E-state index is 12.2. The van der Waals surface area contributed by atoms with Crippen LogP contribution in [0.5, 0.6) is 0 Å². The number of aromatic nitrogens is 1. The second kappa shape index (κ2) is 5.48. The standard InChI is InChI=1S/C15H12N4O4/c1-8-10-6-12(18-15(21)9-2-4-16-5-3-9)13(19(22)23)7-11(10)17-14(8)20/h2-8H,1H3,(H,17,20)(H,18,21). The Balaban J connectivity index is 2.00. The summed E-state index contributed by atoms with van der Waals surface area (Å²) in [5, 5.41) is 16.4. The summed E-state index contributed by atoms with van der Waals surface area (Å²) in [6.07, 6.45) is 2.91. The van der Waals surface area contributed by atoms with Crippen molar-refractivity contribution in [3.05, 3.63) is 57.9 Å². The first-order valence-corrected chi connectivity index (χ1v) is 6.82. The largest absolute Gasteiger partial charge is 0.325 e. The second-order valence-corrected chi connectivity index (χ2v) is 5.11. The molecule has 1 aromatic heterocycles. The molecule has 1 aliphatic rings. The number of amides is 2. The number of carbonyl (C=O) groups excluding carboxylic acids is 2. The number of benzene rings is 1. The van der Waals surface area contributed by atoms with Crippen molar-refractivity contribution >= 4 is 28.9 Å². The predicted molar refractivity (Wildman–Crippen MR) is 82.3 cm³/mol. The molecular weight excluding hydrogens is 300 g/mol. The van der Waals surface area contributed by atoms with E-state index >= 15 is 0 Å². The Hall–Kier alpha value is -3.29. The van der Waals surface area contributed by atoms with Gasteiger partial charge in [-0.3, -0.25) is 24.7 Å². The molecule has 0 aliphatic carbocycles. The van der Waals surface area contributed by atoms with Crippen LogP contribution in [-0.2, 0) is 4.79 Å². The van der Waals surface area contributed by atoms with Crippen molar-refractivity contribution in [3.63, 3.8) is 0 Å². The number of carbonyl (C=O) groups is 2. The van der Waals surface area contributed by atoms with Crippen LogP contribution in [0.2, 0.25) is 0 Å². The molecule has 1 unspecified atom stereocenters. The van der Waals surface area contributed by atoms with Gasteiger partial charge in [-0.1, -0.05) is 0 Å². The molecule has 0 saturated heterocycles. The number of nitrogens with zero attached hydrogens (tertiary/aromatic N) is 2. The monoisotopic (exact) mass is 312 g/mol. The van der Waals surface area contributed by atoms with E-state index in [-0.39, 0.29) is 17.3 Å². The highest BCUT2D eigenvalue weighted by atomic mass is 16.6. The number of nitro benzene ring substituents is 1. The molecule has 23 heavy (non-hydrogen) atoms. The minimum atomic E-state index is -0.600. The van der Waals surface area contributed by atoms with Crippen molar-refractivity contribution in [1.82, 2.24) is 4.98 Å². The van der Waals surface area contributed by atoms with E-state index in [2.05, 4.69) is 15.6 Å². The van der Waals surface area contributed by atoms with E-state index in [1.54, 1.807) is 6.92 Å². The van der Waals surface area contributed by atoms with Crippen molar-refractivity contribution in [2.24, 2.45) is 0 Å². The third-order valence-corrected chi connectivity index (χ3v) is 3.67. The highest BCUT2D eigenvalue weighted by Gasteiger charge is 2.31. The van der Waals surface area contributed by atoms with Crippen LogP contribution < -0.4 is 10.6 Å². The van der Waals surface area contributed by atoms with Crippen LogP contribution in [-0.4, -0.2) is 21.7 Å². The van der Waals surface area contributed by atoms with Crippen LogP contribution in [0.25, 0.3) is 0 Å². The number of nitrogens with one attached hydrogen (secondary N) is 2. The fraction of sp³-hybridized carbons (Fsp3) is 0.133. The molecule has 2 N–H and O–H groups in total. The quantitative estimate of drug-likeness (QED) is 0.666. The smallest absolute Gasteiger partial charge is 0.294 e. The van der Waals surface area contributed by atoms with Gasteiger partial charge < -0.3 is 10.6 Å². The molecule has 2 heterocycles. The highest BCUT2D eigenvalue weighted by molar-refractivity contribution is 6.07. The average molecular weight is 312 g/mol. The molecule has 0 spiro atoms.